The van der Waals surface area contributed by atoms with Crippen molar-refractivity contribution in [3.8, 4) is 34.1 Å². The normalized spacial score (nSPS) is 16.8. The van der Waals surface area contributed by atoms with Gasteiger partial charge in [0.1, 0.15) is 5.69 Å². The largest absolute Gasteiger partial charge is 0.448 e. The summed E-state index contributed by atoms with van der Waals surface area (Å²) < 4.78 is 14.4. The van der Waals surface area contributed by atoms with Crippen molar-refractivity contribution in [2.45, 2.75) is 25.3 Å². The first-order chi connectivity index (χ1) is 20.7. The Morgan fingerprint density at radius 1 is 0.762 bits per heavy atom. The minimum atomic E-state index is -0.595. The van der Waals surface area contributed by atoms with E-state index in [-0.39, 0.29) is 0 Å². The van der Waals surface area contributed by atoms with E-state index < -0.39 is 5.54 Å². The number of para-hydroxylation sites is 1. The summed E-state index contributed by atoms with van der Waals surface area (Å²) in [5.74, 6) is 3.50. The van der Waals surface area contributed by atoms with Gasteiger partial charge in [-0.2, -0.15) is 13.7 Å². The first-order valence-corrected chi connectivity index (χ1v) is 14.7. The topological polar surface area (TPSA) is 21.9 Å². The molecule has 0 saturated carbocycles. The average molecular weight is 542 g/mol. The third-order valence-corrected chi connectivity index (χ3v) is 9.62. The van der Waals surface area contributed by atoms with Crippen LogP contribution in [0.25, 0.3) is 44.4 Å². The summed E-state index contributed by atoms with van der Waals surface area (Å²) >= 11 is 0. The number of hydrogen-bond donors (Lipinski definition) is 0. The third kappa shape index (κ3) is 2.43. The number of rotatable bonds is 2. The van der Waals surface area contributed by atoms with Gasteiger partial charge in [-0.25, -0.2) is 0 Å². The van der Waals surface area contributed by atoms with Crippen molar-refractivity contribution in [1.29, 1.82) is 0 Å². The molecule has 3 aliphatic heterocycles. The van der Waals surface area contributed by atoms with Gasteiger partial charge < -0.3 is 4.74 Å². The molecule has 0 amide bonds. The maximum Gasteiger partial charge on any atom is 0.352 e. The summed E-state index contributed by atoms with van der Waals surface area (Å²) in [5, 5.41) is 2.32. The predicted molar refractivity (Wildman–Crippen MR) is 164 cm³/mol. The number of pyridine rings is 1. The Morgan fingerprint density at radius 3 is 2.45 bits per heavy atom. The van der Waals surface area contributed by atoms with Crippen molar-refractivity contribution < 1.29 is 13.9 Å². The number of benzene rings is 5. The van der Waals surface area contributed by atoms with Crippen LogP contribution < -0.4 is 13.9 Å². The summed E-state index contributed by atoms with van der Waals surface area (Å²) in [5.41, 5.74) is 10.3. The van der Waals surface area contributed by atoms with Crippen molar-refractivity contribution in [3.05, 3.63) is 144 Å². The van der Waals surface area contributed by atoms with Crippen LogP contribution in [0.15, 0.2) is 121 Å². The molecule has 7 aromatic rings. The van der Waals surface area contributed by atoms with Crippen molar-refractivity contribution in [2.24, 2.45) is 0 Å². The van der Waals surface area contributed by atoms with Gasteiger partial charge in [0.05, 0.1) is 16.7 Å². The number of aromatic nitrogens is 3. The molecule has 1 atom stereocenters. The Labute approximate surface area is 243 Å². The van der Waals surface area contributed by atoms with Crippen LogP contribution in [-0.2, 0) is 5.54 Å². The van der Waals surface area contributed by atoms with E-state index >= 15 is 0 Å². The van der Waals surface area contributed by atoms with Crippen LogP contribution in [-0.4, -0.2) is 4.57 Å². The van der Waals surface area contributed by atoms with Crippen LogP contribution in [0.1, 0.15) is 42.3 Å². The molecule has 198 valence electrons. The Balaban J connectivity index is 1.47. The van der Waals surface area contributed by atoms with Crippen molar-refractivity contribution in [2.75, 3.05) is 0 Å². The zero-order valence-corrected chi connectivity index (χ0v) is 23.4. The fraction of sp³-hybridized carbons (Fsp3) is 0.105. The molecule has 3 aliphatic rings. The Hall–Kier alpha value is -5.22. The monoisotopic (exact) mass is 541 g/mol. The van der Waals surface area contributed by atoms with E-state index in [4.69, 9.17) is 4.74 Å². The fourth-order valence-corrected chi connectivity index (χ4v) is 7.87. The van der Waals surface area contributed by atoms with E-state index in [0.717, 1.165) is 39.3 Å². The summed E-state index contributed by atoms with van der Waals surface area (Å²) in [6.07, 6.45) is 2.26. The number of imidazole rings is 1. The van der Waals surface area contributed by atoms with Gasteiger partial charge >= 0.3 is 11.4 Å². The highest BCUT2D eigenvalue weighted by molar-refractivity contribution is 5.97. The zero-order chi connectivity index (χ0) is 27.7. The van der Waals surface area contributed by atoms with Gasteiger partial charge in [0.2, 0.25) is 11.2 Å². The van der Waals surface area contributed by atoms with Crippen LogP contribution >= 0.6 is 0 Å². The lowest BCUT2D eigenvalue weighted by Gasteiger charge is -2.21. The minimum Gasteiger partial charge on any atom is -0.448 e. The zero-order valence-electron chi connectivity index (χ0n) is 23.4. The number of fused-ring (bicyclic) bond motifs is 9. The molecule has 0 radical (unpaired) electrons. The predicted octanol–water partition coefficient (Wildman–Crippen LogP) is 7.71. The molecule has 0 fully saturated rings. The second-order valence-corrected chi connectivity index (χ2v) is 12.0. The van der Waals surface area contributed by atoms with Gasteiger partial charge in [-0.3, -0.25) is 0 Å². The molecule has 0 bridgehead atoms. The van der Waals surface area contributed by atoms with E-state index in [1.807, 2.05) is 0 Å². The standard InChI is InChI=1S/C38H27N3O/c1-23(2)24-17-19-26(20-18-24)40-32-15-9-16-33-35(32)41-34-30(22-25-10-3-4-11-27(25)36(34)42-33)38(37(40)41)29-13-6-5-12-28(29)31-14-7-8-21-39(31)38/h3-23H,1-2H3/q+2. The summed E-state index contributed by atoms with van der Waals surface area (Å²) in [4.78, 5) is 0. The maximum atomic E-state index is 6.91. The lowest BCUT2D eigenvalue weighted by molar-refractivity contribution is -0.733. The highest BCUT2D eigenvalue weighted by Crippen LogP contribution is 2.56. The molecule has 1 unspecified atom stereocenters. The van der Waals surface area contributed by atoms with Gasteiger partial charge in [-0.1, -0.05) is 74.5 Å². The quantitative estimate of drug-likeness (QED) is 0.206. The second-order valence-electron chi connectivity index (χ2n) is 12.0. The summed E-state index contributed by atoms with van der Waals surface area (Å²) in [7, 11) is 0. The Kier molecular flexibility index (Phi) is 4.03. The molecule has 1 spiro atoms. The van der Waals surface area contributed by atoms with E-state index in [0.29, 0.717) is 5.92 Å². The first kappa shape index (κ1) is 22.5. The molecular weight excluding hydrogens is 514 g/mol. The van der Waals surface area contributed by atoms with E-state index in [9.17, 15) is 0 Å². The van der Waals surface area contributed by atoms with Crippen molar-refractivity contribution >= 4 is 21.8 Å². The van der Waals surface area contributed by atoms with E-state index in [1.54, 1.807) is 0 Å². The van der Waals surface area contributed by atoms with Gasteiger partial charge in [-0.15, -0.1) is 0 Å². The fourth-order valence-electron chi connectivity index (χ4n) is 7.87. The third-order valence-electron chi connectivity index (χ3n) is 9.62. The molecule has 0 aliphatic carbocycles. The van der Waals surface area contributed by atoms with Crippen molar-refractivity contribution in [3.63, 3.8) is 0 Å². The van der Waals surface area contributed by atoms with Gasteiger partial charge in [0.15, 0.2) is 28.9 Å². The van der Waals surface area contributed by atoms with Gasteiger partial charge in [0, 0.05) is 17.5 Å². The highest BCUT2D eigenvalue weighted by atomic mass is 16.5. The van der Waals surface area contributed by atoms with Gasteiger partial charge in [-0.05, 0) is 59.3 Å². The molecule has 5 heterocycles. The smallest absolute Gasteiger partial charge is 0.352 e. The molecule has 4 heteroatoms. The molecular formula is C38H27N3O+2. The SMILES string of the molecule is CC(C)c1ccc(-n2c3[n+]4c5c(cccc52)Oc2c-4c(cc4ccccc24)C32c3ccccc3-c3cccc[n+]32)cc1. The number of hydrogen-bond acceptors (Lipinski definition) is 1. The summed E-state index contributed by atoms with van der Waals surface area (Å²) in [6, 6.07) is 42.1. The summed E-state index contributed by atoms with van der Waals surface area (Å²) in [6.45, 7) is 4.50. The molecule has 2 aromatic heterocycles. The molecule has 5 aromatic carbocycles. The van der Waals surface area contributed by atoms with Crippen LogP contribution in [0.4, 0.5) is 0 Å². The van der Waals surface area contributed by atoms with Crippen LogP contribution in [0, 0.1) is 0 Å². The maximum absolute atomic E-state index is 6.91. The van der Waals surface area contributed by atoms with Crippen LogP contribution in [0.2, 0.25) is 0 Å². The molecule has 4 nitrogen and oxygen atoms in total. The van der Waals surface area contributed by atoms with E-state index in [2.05, 4.69) is 149 Å². The first-order valence-electron chi connectivity index (χ1n) is 14.7. The molecule has 10 rings (SSSR count). The van der Waals surface area contributed by atoms with E-state index in [1.165, 1.54) is 39.2 Å². The Morgan fingerprint density at radius 2 is 1.57 bits per heavy atom. The molecule has 0 N–H and O–H groups in total. The van der Waals surface area contributed by atoms with Gasteiger partial charge in [0.25, 0.3) is 0 Å². The number of ether oxygens (including phenoxy) is 1. The number of nitrogens with zero attached hydrogens (tertiary/aromatic N) is 3. The van der Waals surface area contributed by atoms with Crippen LogP contribution in [0.3, 0.4) is 0 Å². The second kappa shape index (κ2) is 7.54. The lowest BCUT2D eigenvalue weighted by atomic mass is 9.82. The average Bonchev–Trinajstić information content (AvgIpc) is 3.64. The van der Waals surface area contributed by atoms with Crippen LogP contribution in [0.5, 0.6) is 11.5 Å². The van der Waals surface area contributed by atoms with Crippen molar-refractivity contribution in [1.82, 2.24) is 4.57 Å². The molecule has 42 heavy (non-hydrogen) atoms. The Bertz CT molecular complexity index is 2260. The lowest BCUT2D eigenvalue weighted by Crippen LogP contribution is -2.57. The molecule has 0 saturated heterocycles. The highest BCUT2D eigenvalue weighted by Gasteiger charge is 2.69. The minimum absolute atomic E-state index is 0.470.